The van der Waals surface area contributed by atoms with E-state index in [1.165, 1.54) is 12.8 Å². The lowest BCUT2D eigenvalue weighted by molar-refractivity contribution is 0.106. The number of methoxy groups -OCH3 is 1. The van der Waals surface area contributed by atoms with Crippen LogP contribution < -0.4 is 4.74 Å². The minimum Gasteiger partial charge on any atom is -0.495 e. The first kappa shape index (κ1) is 13.0. The molecular weight excluding hydrogens is 259 g/mol. The maximum atomic E-state index is 10.3. The second kappa shape index (κ2) is 5.05. The predicted octanol–water partition coefficient (Wildman–Crippen LogP) is 4.08. The van der Waals surface area contributed by atoms with Gasteiger partial charge in [-0.05, 0) is 30.7 Å². The summed E-state index contributed by atoms with van der Waals surface area (Å²) in [5, 5.41) is 11.3. The molecule has 2 nitrogen and oxygen atoms in total. The van der Waals surface area contributed by atoms with E-state index in [1.807, 2.05) is 0 Å². The quantitative estimate of drug-likeness (QED) is 0.897. The van der Waals surface area contributed by atoms with Gasteiger partial charge in [0.05, 0.1) is 23.3 Å². The largest absolute Gasteiger partial charge is 0.495 e. The molecule has 94 valence electrons. The number of benzene rings is 1. The summed E-state index contributed by atoms with van der Waals surface area (Å²) in [6.45, 7) is 2.05. The van der Waals surface area contributed by atoms with Crippen LogP contribution in [0.4, 0.5) is 0 Å². The van der Waals surface area contributed by atoms with Crippen molar-refractivity contribution in [1.29, 1.82) is 0 Å². The topological polar surface area (TPSA) is 29.5 Å². The molecule has 0 radical (unpaired) electrons. The molecule has 0 heterocycles. The maximum Gasteiger partial charge on any atom is 0.138 e. The number of rotatable bonds is 4. The molecule has 0 bridgehead atoms. The Morgan fingerprint density at radius 3 is 2.47 bits per heavy atom. The monoisotopic (exact) mass is 274 g/mol. The fraction of sp³-hybridized carbons (Fsp3) is 0.538. The summed E-state index contributed by atoms with van der Waals surface area (Å²) in [4.78, 5) is 0. The second-order valence-corrected chi connectivity index (χ2v) is 5.46. The van der Waals surface area contributed by atoms with Crippen molar-refractivity contribution in [2.45, 2.75) is 25.9 Å². The summed E-state index contributed by atoms with van der Waals surface area (Å²) in [7, 11) is 1.54. The first-order valence-electron chi connectivity index (χ1n) is 5.75. The van der Waals surface area contributed by atoms with E-state index in [-0.39, 0.29) is 5.92 Å². The predicted molar refractivity (Wildman–Crippen MR) is 69.9 cm³/mol. The van der Waals surface area contributed by atoms with Crippen molar-refractivity contribution in [1.82, 2.24) is 0 Å². The second-order valence-electron chi connectivity index (χ2n) is 4.65. The van der Waals surface area contributed by atoms with Gasteiger partial charge in [-0.1, -0.05) is 30.1 Å². The Labute approximate surface area is 111 Å². The van der Waals surface area contributed by atoms with Crippen molar-refractivity contribution in [3.8, 4) is 5.75 Å². The summed E-state index contributed by atoms with van der Waals surface area (Å²) < 4.78 is 5.08. The highest BCUT2D eigenvalue weighted by atomic mass is 35.5. The summed E-state index contributed by atoms with van der Waals surface area (Å²) in [5.41, 5.74) is 0.692. The van der Waals surface area contributed by atoms with Crippen molar-refractivity contribution >= 4 is 23.2 Å². The van der Waals surface area contributed by atoms with E-state index in [0.717, 1.165) is 0 Å². The summed E-state index contributed by atoms with van der Waals surface area (Å²) in [6.07, 6.45) is 1.83. The molecular formula is C13H16Cl2O2. The van der Waals surface area contributed by atoms with Crippen LogP contribution in [0.2, 0.25) is 10.0 Å². The fourth-order valence-electron chi connectivity index (χ4n) is 2.09. The van der Waals surface area contributed by atoms with Gasteiger partial charge in [0.1, 0.15) is 5.75 Å². The Kier molecular flexibility index (Phi) is 3.86. The average Bonchev–Trinajstić information content (AvgIpc) is 3.13. The van der Waals surface area contributed by atoms with E-state index in [2.05, 4.69) is 6.92 Å². The molecule has 2 rings (SSSR count). The van der Waals surface area contributed by atoms with Gasteiger partial charge >= 0.3 is 0 Å². The Hall–Kier alpha value is -0.440. The number of hydrogen-bond donors (Lipinski definition) is 1. The number of aliphatic hydroxyl groups excluding tert-OH is 1. The van der Waals surface area contributed by atoms with E-state index in [4.69, 9.17) is 27.9 Å². The standard InChI is InChI=1S/C13H16Cl2O2/c1-7(8-3-4-8)13(16)9-5-11(15)12(17-2)6-10(9)14/h5-8,13,16H,3-4H2,1-2H3. The molecule has 1 saturated carbocycles. The lowest BCUT2D eigenvalue weighted by Gasteiger charge is -2.20. The molecule has 1 aliphatic carbocycles. The van der Waals surface area contributed by atoms with Crippen molar-refractivity contribution in [3.63, 3.8) is 0 Å². The molecule has 2 unspecified atom stereocenters. The smallest absolute Gasteiger partial charge is 0.138 e. The minimum absolute atomic E-state index is 0.219. The third kappa shape index (κ3) is 2.70. The van der Waals surface area contributed by atoms with Gasteiger partial charge in [0.15, 0.2) is 0 Å². The van der Waals surface area contributed by atoms with Gasteiger partial charge in [-0.3, -0.25) is 0 Å². The molecule has 17 heavy (non-hydrogen) atoms. The van der Waals surface area contributed by atoms with Gasteiger partial charge in [0.25, 0.3) is 0 Å². The van der Waals surface area contributed by atoms with Crippen LogP contribution in [0.25, 0.3) is 0 Å². The summed E-state index contributed by atoms with van der Waals surface area (Å²) in [6, 6.07) is 3.36. The minimum atomic E-state index is -0.557. The van der Waals surface area contributed by atoms with Gasteiger partial charge in [-0.2, -0.15) is 0 Å². The van der Waals surface area contributed by atoms with Gasteiger partial charge in [-0.15, -0.1) is 0 Å². The van der Waals surface area contributed by atoms with Crippen LogP contribution in [0.5, 0.6) is 5.75 Å². The zero-order valence-electron chi connectivity index (χ0n) is 9.91. The first-order valence-corrected chi connectivity index (χ1v) is 6.51. The highest BCUT2D eigenvalue weighted by Crippen LogP contribution is 2.45. The lowest BCUT2D eigenvalue weighted by atomic mass is 9.93. The van der Waals surface area contributed by atoms with Crippen LogP contribution in [0.3, 0.4) is 0 Å². The molecule has 0 amide bonds. The third-order valence-electron chi connectivity index (χ3n) is 3.45. The van der Waals surface area contributed by atoms with Crippen molar-refractivity contribution < 1.29 is 9.84 Å². The zero-order valence-corrected chi connectivity index (χ0v) is 11.4. The Morgan fingerprint density at radius 1 is 1.29 bits per heavy atom. The van der Waals surface area contributed by atoms with E-state index in [9.17, 15) is 5.11 Å². The zero-order chi connectivity index (χ0) is 12.6. The molecule has 1 N–H and O–H groups in total. The maximum absolute atomic E-state index is 10.3. The molecule has 1 fully saturated rings. The summed E-state index contributed by atoms with van der Waals surface area (Å²) >= 11 is 12.2. The van der Waals surface area contributed by atoms with Crippen LogP contribution in [0, 0.1) is 11.8 Å². The van der Waals surface area contributed by atoms with Crippen molar-refractivity contribution in [3.05, 3.63) is 27.7 Å². The van der Waals surface area contributed by atoms with Crippen LogP contribution in [0.15, 0.2) is 12.1 Å². The normalized spacial score (nSPS) is 18.9. The van der Waals surface area contributed by atoms with Gasteiger partial charge < -0.3 is 9.84 Å². The molecule has 1 aromatic carbocycles. The first-order chi connectivity index (χ1) is 8.04. The van der Waals surface area contributed by atoms with Crippen molar-refractivity contribution in [2.75, 3.05) is 7.11 Å². The van der Waals surface area contributed by atoms with E-state index in [1.54, 1.807) is 19.2 Å². The highest BCUT2D eigenvalue weighted by Gasteiger charge is 2.34. The Balaban J connectivity index is 2.28. The highest BCUT2D eigenvalue weighted by molar-refractivity contribution is 6.34. The number of aliphatic hydroxyl groups is 1. The average molecular weight is 275 g/mol. The molecule has 4 heteroatoms. The van der Waals surface area contributed by atoms with E-state index in [0.29, 0.717) is 27.3 Å². The van der Waals surface area contributed by atoms with Gasteiger partial charge in [0, 0.05) is 11.6 Å². The Morgan fingerprint density at radius 2 is 1.94 bits per heavy atom. The van der Waals surface area contributed by atoms with Gasteiger partial charge in [0.2, 0.25) is 0 Å². The molecule has 0 aromatic heterocycles. The van der Waals surface area contributed by atoms with Crippen LogP contribution in [-0.2, 0) is 0 Å². The van der Waals surface area contributed by atoms with E-state index < -0.39 is 6.10 Å². The molecule has 1 aromatic rings. The SMILES string of the molecule is COc1cc(Cl)c(C(O)C(C)C2CC2)cc1Cl. The number of ether oxygens (including phenoxy) is 1. The van der Waals surface area contributed by atoms with E-state index >= 15 is 0 Å². The molecule has 0 saturated heterocycles. The number of halogens is 2. The summed E-state index contributed by atoms with van der Waals surface area (Å²) in [5.74, 6) is 1.37. The van der Waals surface area contributed by atoms with Crippen LogP contribution >= 0.6 is 23.2 Å². The number of hydrogen-bond acceptors (Lipinski definition) is 2. The molecule has 1 aliphatic rings. The van der Waals surface area contributed by atoms with Gasteiger partial charge in [-0.25, -0.2) is 0 Å². The molecule has 2 atom stereocenters. The lowest BCUT2D eigenvalue weighted by Crippen LogP contribution is -2.11. The fourth-order valence-corrected chi connectivity index (χ4v) is 2.60. The molecule has 0 spiro atoms. The third-order valence-corrected chi connectivity index (χ3v) is 4.08. The molecule has 0 aliphatic heterocycles. The Bertz CT molecular complexity index is 416. The van der Waals surface area contributed by atoms with Crippen molar-refractivity contribution in [2.24, 2.45) is 11.8 Å². The van der Waals surface area contributed by atoms with Crippen LogP contribution in [0.1, 0.15) is 31.4 Å². The van der Waals surface area contributed by atoms with Crippen LogP contribution in [-0.4, -0.2) is 12.2 Å².